The Morgan fingerprint density at radius 2 is 1.40 bits per heavy atom. The number of benzene rings is 3. The number of para-hydroxylation sites is 1. The Balaban J connectivity index is 1.45. The van der Waals surface area contributed by atoms with Crippen molar-refractivity contribution in [1.82, 2.24) is 5.32 Å². The van der Waals surface area contributed by atoms with Crippen LogP contribution in [0.1, 0.15) is 27.9 Å². The molecule has 0 spiro atoms. The van der Waals surface area contributed by atoms with Crippen LogP contribution in [0.15, 0.2) is 84.9 Å². The lowest BCUT2D eigenvalue weighted by Crippen LogP contribution is -2.27. The molecule has 0 unspecified atom stereocenters. The summed E-state index contributed by atoms with van der Waals surface area (Å²) >= 11 is 1.72. The average Bonchev–Trinajstić information content (AvgIpc) is 2.78. The molecule has 3 rings (SSSR count). The molecule has 0 heterocycles. The van der Waals surface area contributed by atoms with Crippen LogP contribution in [0.5, 0.6) is 0 Å². The molecule has 0 radical (unpaired) electrons. The smallest absolute Gasteiger partial charge is 0.253 e. The fraction of sp³-hybridized carbons (Fsp3) is 0.200. The number of nitrogens with one attached hydrogen (secondary N) is 2. The predicted molar refractivity (Wildman–Crippen MR) is 125 cm³/mol. The number of rotatable bonds is 10. The van der Waals surface area contributed by atoms with Gasteiger partial charge in [0.05, 0.1) is 11.3 Å². The van der Waals surface area contributed by atoms with Crippen molar-refractivity contribution < 1.29 is 9.59 Å². The Hall–Kier alpha value is -3.05. The van der Waals surface area contributed by atoms with Crippen molar-refractivity contribution in [2.75, 3.05) is 17.6 Å². The van der Waals surface area contributed by atoms with Gasteiger partial charge in [0.2, 0.25) is 5.91 Å². The molecule has 3 aromatic rings. The zero-order valence-corrected chi connectivity index (χ0v) is 17.7. The summed E-state index contributed by atoms with van der Waals surface area (Å²) in [6.07, 6.45) is 1.17. The van der Waals surface area contributed by atoms with Crippen molar-refractivity contribution in [2.24, 2.45) is 0 Å². The lowest BCUT2D eigenvalue weighted by atomic mass is 10.1. The van der Waals surface area contributed by atoms with Gasteiger partial charge in [-0.1, -0.05) is 72.8 Å². The molecular formula is C25H26N2O2S. The minimum atomic E-state index is -0.180. The van der Waals surface area contributed by atoms with E-state index in [0.717, 1.165) is 17.9 Å². The maximum atomic E-state index is 12.6. The van der Waals surface area contributed by atoms with E-state index in [-0.39, 0.29) is 11.8 Å². The zero-order valence-electron chi connectivity index (χ0n) is 16.8. The molecule has 30 heavy (non-hydrogen) atoms. The second kappa shape index (κ2) is 11.8. The van der Waals surface area contributed by atoms with Gasteiger partial charge in [0.15, 0.2) is 0 Å². The van der Waals surface area contributed by atoms with Crippen LogP contribution in [0.25, 0.3) is 0 Å². The van der Waals surface area contributed by atoms with Gasteiger partial charge in [-0.15, -0.1) is 0 Å². The van der Waals surface area contributed by atoms with Crippen LogP contribution in [-0.4, -0.2) is 24.1 Å². The number of thioether (sulfide) groups is 1. The van der Waals surface area contributed by atoms with Gasteiger partial charge in [0.1, 0.15) is 0 Å². The molecule has 0 saturated heterocycles. The molecule has 0 aliphatic carbocycles. The lowest BCUT2D eigenvalue weighted by Gasteiger charge is -2.11. The van der Waals surface area contributed by atoms with Gasteiger partial charge in [-0.3, -0.25) is 9.59 Å². The van der Waals surface area contributed by atoms with Crippen molar-refractivity contribution in [3.05, 3.63) is 102 Å². The molecule has 2 N–H and O–H groups in total. The Bertz CT molecular complexity index is 946. The van der Waals surface area contributed by atoms with Gasteiger partial charge < -0.3 is 10.6 Å². The van der Waals surface area contributed by atoms with Crippen molar-refractivity contribution in [3.8, 4) is 0 Å². The van der Waals surface area contributed by atoms with E-state index < -0.39 is 0 Å². The molecule has 154 valence electrons. The summed E-state index contributed by atoms with van der Waals surface area (Å²) in [6, 6.07) is 27.3. The normalized spacial score (nSPS) is 10.4. The third kappa shape index (κ3) is 7.08. The fourth-order valence-corrected chi connectivity index (χ4v) is 3.89. The summed E-state index contributed by atoms with van der Waals surface area (Å²) in [5, 5.41) is 5.82. The van der Waals surface area contributed by atoms with Crippen molar-refractivity contribution in [2.45, 2.75) is 18.6 Å². The van der Waals surface area contributed by atoms with E-state index in [0.29, 0.717) is 24.2 Å². The minimum Gasteiger partial charge on any atom is -0.352 e. The van der Waals surface area contributed by atoms with Crippen LogP contribution in [0, 0.1) is 0 Å². The molecule has 0 saturated carbocycles. The highest BCUT2D eigenvalue weighted by Crippen LogP contribution is 2.17. The number of amides is 2. The van der Waals surface area contributed by atoms with E-state index in [9.17, 15) is 9.59 Å². The second-order valence-electron chi connectivity index (χ2n) is 6.87. The molecule has 0 atom stereocenters. The Labute approximate surface area is 182 Å². The Morgan fingerprint density at radius 3 is 2.13 bits per heavy atom. The minimum absolute atomic E-state index is 0.0832. The second-order valence-corrected chi connectivity index (χ2v) is 7.98. The number of hydrogen-bond donors (Lipinski definition) is 2. The zero-order chi connectivity index (χ0) is 21.0. The van der Waals surface area contributed by atoms with Gasteiger partial charge >= 0.3 is 0 Å². The average molecular weight is 419 g/mol. The summed E-state index contributed by atoms with van der Waals surface area (Å²) in [5.41, 5.74) is 3.46. The largest absolute Gasteiger partial charge is 0.352 e. The Kier molecular flexibility index (Phi) is 8.54. The van der Waals surface area contributed by atoms with Crippen LogP contribution in [0.4, 0.5) is 5.69 Å². The van der Waals surface area contributed by atoms with Gasteiger partial charge in [-0.2, -0.15) is 11.8 Å². The fourth-order valence-electron chi connectivity index (χ4n) is 2.99. The molecule has 3 aromatic carbocycles. The number of anilines is 1. The van der Waals surface area contributed by atoms with Crippen LogP contribution >= 0.6 is 11.8 Å². The first kappa shape index (κ1) is 21.7. The quantitative estimate of drug-likeness (QED) is 0.460. The summed E-state index contributed by atoms with van der Waals surface area (Å²) in [5.74, 6) is 1.35. The van der Waals surface area contributed by atoms with Crippen molar-refractivity contribution >= 4 is 29.3 Å². The third-order valence-electron chi connectivity index (χ3n) is 4.57. The molecule has 4 nitrogen and oxygen atoms in total. The molecule has 0 aliphatic rings. The standard InChI is InChI=1S/C25H26N2O2S/c28-24(16-18-30-19-21-11-5-2-6-12-21)27-23-14-8-7-13-22(23)25(29)26-17-15-20-9-3-1-4-10-20/h1-14H,15-19H2,(H,26,29)(H,27,28). The van der Waals surface area contributed by atoms with Gasteiger partial charge in [0, 0.05) is 24.5 Å². The monoisotopic (exact) mass is 418 g/mol. The highest BCUT2D eigenvalue weighted by molar-refractivity contribution is 7.98. The number of carbonyl (C=O) groups excluding carboxylic acids is 2. The highest BCUT2D eigenvalue weighted by Gasteiger charge is 2.12. The third-order valence-corrected chi connectivity index (χ3v) is 5.60. The first-order valence-electron chi connectivity index (χ1n) is 10.0. The topological polar surface area (TPSA) is 58.2 Å². The first-order valence-corrected chi connectivity index (χ1v) is 11.2. The molecule has 0 aromatic heterocycles. The summed E-state index contributed by atoms with van der Waals surface area (Å²) in [6.45, 7) is 0.543. The van der Waals surface area contributed by atoms with E-state index in [1.807, 2.05) is 54.6 Å². The molecule has 0 bridgehead atoms. The molecular weight excluding hydrogens is 392 g/mol. The van der Waals surface area contributed by atoms with Crippen LogP contribution in [0.2, 0.25) is 0 Å². The van der Waals surface area contributed by atoms with Crippen LogP contribution in [-0.2, 0) is 17.0 Å². The first-order chi connectivity index (χ1) is 14.7. The molecule has 2 amide bonds. The van der Waals surface area contributed by atoms with Crippen LogP contribution < -0.4 is 10.6 Å². The maximum absolute atomic E-state index is 12.6. The number of carbonyl (C=O) groups is 2. The summed E-state index contributed by atoms with van der Waals surface area (Å²) < 4.78 is 0. The molecule has 0 fully saturated rings. The van der Waals surface area contributed by atoms with Crippen molar-refractivity contribution in [1.29, 1.82) is 0 Å². The van der Waals surface area contributed by atoms with Crippen molar-refractivity contribution in [3.63, 3.8) is 0 Å². The van der Waals surface area contributed by atoms with Gasteiger partial charge in [-0.05, 0) is 29.7 Å². The highest BCUT2D eigenvalue weighted by atomic mass is 32.2. The maximum Gasteiger partial charge on any atom is 0.253 e. The van der Waals surface area contributed by atoms with E-state index in [2.05, 4.69) is 22.8 Å². The van der Waals surface area contributed by atoms with E-state index in [1.165, 1.54) is 11.1 Å². The molecule has 0 aliphatic heterocycles. The van der Waals surface area contributed by atoms with Crippen LogP contribution in [0.3, 0.4) is 0 Å². The molecule has 5 heteroatoms. The van der Waals surface area contributed by atoms with E-state index in [1.54, 1.807) is 30.0 Å². The SMILES string of the molecule is O=C(CCSCc1ccccc1)Nc1ccccc1C(=O)NCCc1ccccc1. The summed E-state index contributed by atoms with van der Waals surface area (Å²) in [7, 11) is 0. The van der Waals surface area contributed by atoms with E-state index in [4.69, 9.17) is 0 Å². The number of hydrogen-bond acceptors (Lipinski definition) is 3. The Morgan fingerprint density at radius 1 is 0.767 bits per heavy atom. The summed E-state index contributed by atoms with van der Waals surface area (Å²) in [4.78, 5) is 24.9. The van der Waals surface area contributed by atoms with Gasteiger partial charge in [0.25, 0.3) is 5.91 Å². The van der Waals surface area contributed by atoms with E-state index >= 15 is 0 Å². The lowest BCUT2D eigenvalue weighted by molar-refractivity contribution is -0.115. The predicted octanol–water partition coefficient (Wildman–Crippen LogP) is 4.92. The van der Waals surface area contributed by atoms with Gasteiger partial charge in [-0.25, -0.2) is 0 Å².